The van der Waals surface area contributed by atoms with Crippen molar-refractivity contribution in [2.75, 3.05) is 9.80 Å². The summed E-state index contributed by atoms with van der Waals surface area (Å²) >= 11 is 0. The monoisotopic (exact) mass is 695 g/mol. The standard InChI is InChI=1S/C47H55BN2/c1-30-26-41-43-42(27-30)50(36-22-16-32(17-23-36)45(5,6)7)40-25-19-34(47(11,12)13)29-38(40)48(43)37-28-33(46(8,9)10)18-24-39(37)49(41)35-20-14-31(15-21-35)44(2,3)4/h14-29H,1-13H3/i2D3,3D3,4D3,5D3,6D3,7D3,8D3,9D3,10D3,11D3,12D3,13D3. The zero-order chi connectivity index (χ0) is 66.1. The Morgan fingerprint density at radius 3 is 1.12 bits per heavy atom. The fraction of sp³-hybridized carbons (Fsp3) is 0.362. The van der Waals surface area contributed by atoms with Crippen LogP contribution in [0.1, 0.15) is 159 Å². The summed E-state index contributed by atoms with van der Waals surface area (Å²) in [6, 6.07) is 17.2. The SMILES string of the molecule is [2H]C([2H])([2H])C(c1ccc(N2c3ccc(C(C([2H])([2H])[2H])(C([2H])([2H])[2H])C([2H])([2H])[2H])cc3B3c4cc(C(C([2H])([2H])[2H])(C([2H])([2H])[2H])C([2H])([2H])[2H])ccc4N(c4ccc(C(C([2H])([2H])[2H])(C([2H])([2H])[2H])C([2H])([2H])[2H])cc4)c4cc(C)cc2c43)cc1)(C([2H])([2H])[2H])C([2H])([2H])[2H]. The minimum atomic E-state index is -3.90. The normalized spacial score (nSPS) is 28.1. The maximum Gasteiger partial charge on any atom is 0.252 e. The summed E-state index contributed by atoms with van der Waals surface area (Å²) in [5, 5.41) is 0. The molecule has 0 aromatic heterocycles. The second kappa shape index (κ2) is 11.4. The van der Waals surface area contributed by atoms with Crippen LogP contribution in [0.4, 0.5) is 34.1 Å². The topological polar surface area (TPSA) is 6.48 Å². The van der Waals surface area contributed by atoms with Crippen LogP contribution in [0.3, 0.4) is 0 Å². The highest BCUT2D eigenvalue weighted by molar-refractivity contribution is 7.00. The van der Waals surface area contributed by atoms with Crippen molar-refractivity contribution in [1.29, 1.82) is 0 Å². The lowest BCUT2D eigenvalue weighted by Gasteiger charge is -2.45. The molecule has 2 aliphatic heterocycles. The van der Waals surface area contributed by atoms with Crippen molar-refractivity contribution in [3.8, 4) is 0 Å². The first-order valence-electron chi connectivity index (χ1n) is 33.5. The number of nitrogens with zero attached hydrogens (tertiary/aromatic N) is 2. The molecular weight excluding hydrogens is 603 g/mol. The summed E-state index contributed by atoms with van der Waals surface area (Å²) in [4.78, 5) is 2.75. The van der Waals surface area contributed by atoms with Gasteiger partial charge in [-0.05, 0) is 121 Å². The molecule has 0 spiro atoms. The third kappa shape index (κ3) is 5.77. The van der Waals surface area contributed by atoms with Crippen LogP contribution in [0.5, 0.6) is 0 Å². The summed E-state index contributed by atoms with van der Waals surface area (Å²) in [7, 11) is 0. The third-order valence-electron chi connectivity index (χ3n) is 9.19. The van der Waals surface area contributed by atoms with Gasteiger partial charge < -0.3 is 9.80 Å². The van der Waals surface area contributed by atoms with Gasteiger partial charge in [0.25, 0.3) is 6.71 Å². The number of aryl methyl sites for hydroxylation is 1. The molecule has 0 N–H and O–H groups in total. The van der Waals surface area contributed by atoms with E-state index in [1.165, 1.54) is 21.9 Å². The Morgan fingerprint density at radius 2 is 0.760 bits per heavy atom. The summed E-state index contributed by atoms with van der Waals surface area (Å²) in [5.41, 5.74) is -18.1. The molecule has 5 aromatic rings. The third-order valence-corrected chi connectivity index (χ3v) is 9.19. The van der Waals surface area contributed by atoms with Crippen molar-refractivity contribution in [3.63, 3.8) is 0 Å². The lowest BCUT2D eigenvalue weighted by molar-refractivity contribution is 0.590. The highest BCUT2D eigenvalue weighted by Gasteiger charge is 2.44. The summed E-state index contributed by atoms with van der Waals surface area (Å²) < 4.78 is 307. The van der Waals surface area contributed by atoms with Crippen LogP contribution >= 0.6 is 0 Å². The molecule has 0 saturated heterocycles. The summed E-state index contributed by atoms with van der Waals surface area (Å²) in [5.74, 6) is 0. The van der Waals surface area contributed by atoms with Gasteiger partial charge in [0.2, 0.25) is 0 Å². The van der Waals surface area contributed by atoms with Crippen molar-refractivity contribution >= 4 is 57.2 Å². The molecule has 0 radical (unpaired) electrons. The van der Waals surface area contributed by atoms with Crippen LogP contribution in [0.25, 0.3) is 0 Å². The fourth-order valence-electron chi connectivity index (χ4n) is 6.89. The highest BCUT2D eigenvalue weighted by Crippen LogP contribution is 2.46. The van der Waals surface area contributed by atoms with Gasteiger partial charge in [0.1, 0.15) is 0 Å². The van der Waals surface area contributed by atoms with Gasteiger partial charge in [-0.25, -0.2) is 0 Å². The lowest BCUT2D eigenvalue weighted by atomic mass is 9.33. The first kappa shape index (κ1) is 11.9. The number of rotatable bonds is 2. The Balaban J connectivity index is 1.74. The van der Waals surface area contributed by atoms with Crippen molar-refractivity contribution in [3.05, 3.63) is 125 Å². The van der Waals surface area contributed by atoms with Gasteiger partial charge in [-0.3, -0.25) is 0 Å². The van der Waals surface area contributed by atoms with Crippen LogP contribution < -0.4 is 26.2 Å². The molecule has 5 aromatic carbocycles. The van der Waals surface area contributed by atoms with E-state index in [1.54, 1.807) is 6.92 Å². The largest absolute Gasteiger partial charge is 0.311 e. The maximum absolute atomic E-state index is 8.67. The lowest BCUT2D eigenvalue weighted by Crippen LogP contribution is -2.61. The van der Waals surface area contributed by atoms with Gasteiger partial charge in [-0.15, -0.1) is 0 Å². The van der Waals surface area contributed by atoms with E-state index in [0.29, 0.717) is 5.56 Å². The molecule has 2 aliphatic rings. The predicted octanol–water partition coefficient (Wildman–Crippen LogP) is 11.3. The molecule has 2 heterocycles. The Bertz CT molecular complexity index is 3020. The van der Waals surface area contributed by atoms with E-state index >= 15 is 0 Å². The minimum absolute atomic E-state index is 0.00815. The Hall–Kier alpha value is -4.24. The molecule has 7 rings (SSSR count). The van der Waals surface area contributed by atoms with Crippen molar-refractivity contribution in [2.45, 2.75) is 111 Å². The average molecular weight is 695 g/mol. The van der Waals surface area contributed by atoms with Crippen molar-refractivity contribution in [2.24, 2.45) is 0 Å². The molecule has 0 amide bonds. The van der Waals surface area contributed by atoms with Crippen molar-refractivity contribution < 1.29 is 49.3 Å². The quantitative estimate of drug-likeness (QED) is 0.166. The van der Waals surface area contributed by atoms with E-state index < -0.39 is 133 Å². The van der Waals surface area contributed by atoms with Crippen LogP contribution in [0, 0.1) is 6.92 Å². The van der Waals surface area contributed by atoms with Crippen molar-refractivity contribution in [1.82, 2.24) is 0 Å². The van der Waals surface area contributed by atoms with Crippen LogP contribution in [-0.4, -0.2) is 6.71 Å². The molecule has 0 aliphatic carbocycles. The minimum Gasteiger partial charge on any atom is -0.311 e. The number of benzene rings is 5. The molecule has 0 fully saturated rings. The number of hydrogen-bond acceptors (Lipinski definition) is 2. The molecule has 0 bridgehead atoms. The Morgan fingerprint density at radius 1 is 0.420 bits per heavy atom. The second-order valence-electron chi connectivity index (χ2n) is 13.0. The summed E-state index contributed by atoms with van der Waals surface area (Å²) in [6.07, 6.45) is 0. The molecule has 0 saturated carbocycles. The zero-order valence-electron chi connectivity index (χ0n) is 62.7. The van der Waals surface area contributed by atoms with E-state index in [1.807, 2.05) is 0 Å². The molecular formula is C47H55BN2. The average Bonchev–Trinajstić information content (AvgIpc) is 0.714. The second-order valence-corrected chi connectivity index (χ2v) is 13.0. The van der Waals surface area contributed by atoms with Crippen LogP contribution in [-0.2, 0) is 21.7 Å². The van der Waals surface area contributed by atoms with Crippen LogP contribution in [0.15, 0.2) is 97.1 Å². The van der Waals surface area contributed by atoms with E-state index in [-0.39, 0.29) is 50.5 Å². The summed E-state index contributed by atoms with van der Waals surface area (Å²) in [6.45, 7) is -45.9. The smallest absolute Gasteiger partial charge is 0.252 e. The molecule has 2 nitrogen and oxygen atoms in total. The van der Waals surface area contributed by atoms with Gasteiger partial charge in [-0.2, -0.15) is 0 Å². The fourth-order valence-corrected chi connectivity index (χ4v) is 6.89. The first-order chi connectivity index (χ1) is 38.2. The van der Waals surface area contributed by atoms with E-state index in [9.17, 15) is 0 Å². The van der Waals surface area contributed by atoms with Gasteiger partial charge >= 0.3 is 0 Å². The zero-order valence-corrected chi connectivity index (χ0v) is 26.7. The van der Waals surface area contributed by atoms with E-state index in [0.717, 1.165) is 84.9 Å². The molecule has 50 heavy (non-hydrogen) atoms. The molecule has 0 atom stereocenters. The van der Waals surface area contributed by atoms with Gasteiger partial charge in [0.05, 0.1) is 0 Å². The van der Waals surface area contributed by atoms with Gasteiger partial charge in [0, 0.05) is 83.5 Å². The van der Waals surface area contributed by atoms with Crippen LogP contribution in [0.2, 0.25) is 0 Å². The first-order valence-corrected chi connectivity index (χ1v) is 15.5. The number of anilines is 6. The maximum atomic E-state index is 8.67. The number of hydrogen-bond donors (Lipinski definition) is 0. The Kier molecular flexibility index (Phi) is 2.71. The van der Waals surface area contributed by atoms with Gasteiger partial charge in [0.15, 0.2) is 0 Å². The highest BCUT2D eigenvalue weighted by atomic mass is 15.2. The molecule has 256 valence electrons. The van der Waals surface area contributed by atoms with Gasteiger partial charge in [-0.1, -0.05) is 131 Å². The Labute approximate surface area is 353 Å². The van der Waals surface area contributed by atoms with E-state index in [2.05, 4.69) is 0 Å². The van der Waals surface area contributed by atoms with E-state index in [4.69, 9.17) is 49.3 Å². The predicted molar refractivity (Wildman–Crippen MR) is 220 cm³/mol. The molecule has 0 unspecified atom stereocenters. The number of fused-ring (bicyclic) bond motifs is 4. The molecule has 3 heteroatoms.